The van der Waals surface area contributed by atoms with Crippen molar-refractivity contribution in [2.24, 2.45) is 0 Å². The Morgan fingerprint density at radius 3 is 2.27 bits per heavy atom. The molecule has 1 atom stereocenters. The number of pyridine rings is 1. The quantitative estimate of drug-likeness (QED) is 0.197. The first kappa shape index (κ1) is 28.4. The third kappa shape index (κ3) is 2.92. The van der Waals surface area contributed by atoms with Gasteiger partial charge in [-0.3, -0.25) is 15.1 Å². The van der Waals surface area contributed by atoms with Crippen molar-refractivity contribution in [1.29, 1.82) is 0 Å². The smallest absolute Gasteiger partial charge is 0.169 e. The topological polar surface area (TPSA) is 199 Å². The zero-order chi connectivity index (χ0) is 32.8. The Balaban J connectivity index is 1.79. The van der Waals surface area contributed by atoms with E-state index in [1.807, 2.05) is 42.5 Å². The summed E-state index contributed by atoms with van der Waals surface area (Å²) in [4.78, 5) is 32.8. The summed E-state index contributed by atoms with van der Waals surface area (Å²) in [5.74, 6) is 0.749. The molecule has 49 heavy (non-hydrogen) atoms. The molecular weight excluding hydrogens is 643 g/mol. The van der Waals surface area contributed by atoms with E-state index >= 15 is 0 Å². The largest absolute Gasteiger partial charge is 0.463 e. The molecule has 3 N–H and O–H groups in total. The lowest BCUT2D eigenvalue weighted by Gasteiger charge is -2.78. The number of furan rings is 1. The number of hydrogen-bond acceptors (Lipinski definition) is 13. The first-order valence-electron chi connectivity index (χ1n) is 15.0. The minimum absolute atomic E-state index is 0.298. The zero-order valence-corrected chi connectivity index (χ0v) is 26.2. The molecule has 8 aromatic rings. The Morgan fingerprint density at radius 2 is 1.59 bits per heavy atom. The molecule has 0 aliphatic carbocycles. The third-order valence-corrected chi connectivity index (χ3v) is 17.7. The van der Waals surface area contributed by atoms with E-state index in [-0.39, 0.29) is 0 Å². The van der Waals surface area contributed by atoms with Crippen molar-refractivity contribution in [3.63, 3.8) is 0 Å². The lowest BCUT2D eigenvalue weighted by Crippen LogP contribution is -2.60. The number of nitrogens with one attached hydrogen (secondary N) is 3. The maximum atomic E-state index is 6.26. The van der Waals surface area contributed by atoms with Gasteiger partial charge in [0.2, 0.25) is 0 Å². The highest BCUT2D eigenvalue weighted by molar-refractivity contribution is 8.71. The van der Waals surface area contributed by atoms with E-state index in [0.717, 1.165) is 0 Å². The van der Waals surface area contributed by atoms with Crippen LogP contribution in [0.1, 0.15) is 23.0 Å². The van der Waals surface area contributed by atoms with Crippen LogP contribution < -0.4 is 5.32 Å². The molecule has 1 unspecified atom stereocenters. The summed E-state index contributed by atoms with van der Waals surface area (Å²) in [5, 5.41) is 27.7. The second-order valence-corrected chi connectivity index (χ2v) is 16.8. The van der Waals surface area contributed by atoms with Gasteiger partial charge < -0.3 is 19.2 Å². The second kappa shape index (κ2) is 10.1. The van der Waals surface area contributed by atoms with Crippen molar-refractivity contribution >= 4 is 18.9 Å². The number of imidazole rings is 1. The number of aromatic amines is 2. The molecule has 1 aliphatic heterocycles. The van der Waals surface area contributed by atoms with Gasteiger partial charge in [-0.15, -0.1) is 5.10 Å². The molecule has 0 aromatic carbocycles. The highest BCUT2D eigenvalue weighted by Crippen LogP contribution is 3.17. The van der Waals surface area contributed by atoms with E-state index in [1.54, 1.807) is 86.4 Å². The van der Waals surface area contributed by atoms with Crippen molar-refractivity contribution in [1.82, 2.24) is 65.8 Å². The van der Waals surface area contributed by atoms with Crippen LogP contribution in [0.15, 0.2) is 164 Å². The van der Waals surface area contributed by atoms with Gasteiger partial charge in [0.25, 0.3) is 0 Å². The molecule has 8 aromatic heterocycles. The SMILES string of the molecule is c1ccc(S2(c3cnccn3)(c3cccnn3)(c3ncc[nH]3)C(c3ncccn3)=C(c3ccco3)NC2(c2ccon2)c2ccn[nH]2)nc1. The summed E-state index contributed by atoms with van der Waals surface area (Å²) in [6.07, 6.45) is 19.8. The van der Waals surface area contributed by atoms with Crippen LogP contribution in [0.3, 0.4) is 0 Å². The van der Waals surface area contributed by atoms with Gasteiger partial charge in [0, 0.05) is 61.8 Å². The van der Waals surface area contributed by atoms with E-state index in [1.165, 1.54) is 6.26 Å². The van der Waals surface area contributed by atoms with Gasteiger partial charge >= 0.3 is 0 Å². The Hall–Kier alpha value is -6.81. The van der Waals surface area contributed by atoms with Crippen LogP contribution in [-0.4, -0.2) is 60.4 Å². The fourth-order valence-corrected chi connectivity index (χ4v) is 16.9. The summed E-state index contributed by atoms with van der Waals surface area (Å²) < 4.78 is 12.0. The van der Waals surface area contributed by atoms with E-state index in [4.69, 9.17) is 49.1 Å². The summed E-state index contributed by atoms with van der Waals surface area (Å²) in [5.41, 5.74) is 1.40. The first-order chi connectivity index (χ1) is 24.3. The fraction of sp³-hybridized carbons (Fsp3) is 0.0303. The van der Waals surface area contributed by atoms with Crippen molar-refractivity contribution in [3.05, 3.63) is 158 Å². The van der Waals surface area contributed by atoms with Gasteiger partial charge in [-0.05, 0) is 48.5 Å². The summed E-state index contributed by atoms with van der Waals surface area (Å²) in [6, 6.07) is 18.4. The normalized spacial score (nSPS) is 20.4. The molecule has 1 aliphatic rings. The predicted molar refractivity (Wildman–Crippen MR) is 174 cm³/mol. The molecule has 0 saturated carbocycles. The fourth-order valence-electron chi connectivity index (χ4n) is 7.70. The Labute approximate surface area is 276 Å². The zero-order valence-electron chi connectivity index (χ0n) is 25.4. The third-order valence-electron chi connectivity index (χ3n) is 9.27. The number of hydrogen-bond donors (Lipinski definition) is 3. The Morgan fingerprint density at radius 1 is 0.694 bits per heavy atom. The van der Waals surface area contributed by atoms with Crippen LogP contribution in [0, 0.1) is 0 Å². The molecule has 240 valence electrons. The average molecular weight is 668 g/mol. The van der Waals surface area contributed by atoms with Crippen molar-refractivity contribution in [2.75, 3.05) is 0 Å². The maximum Gasteiger partial charge on any atom is 0.169 e. The minimum Gasteiger partial charge on any atom is -0.463 e. The van der Waals surface area contributed by atoms with Crippen LogP contribution in [-0.2, 0) is 4.87 Å². The van der Waals surface area contributed by atoms with Crippen molar-refractivity contribution in [3.8, 4) is 0 Å². The Kier molecular flexibility index (Phi) is 5.85. The van der Waals surface area contributed by atoms with Gasteiger partial charge in [-0.25, -0.2) is 19.9 Å². The molecule has 9 rings (SSSR count). The highest BCUT2D eigenvalue weighted by Gasteiger charge is 2.91. The monoisotopic (exact) mass is 667 g/mol. The average Bonchev–Trinajstić information content (AvgIpc) is 4.03. The maximum absolute atomic E-state index is 6.26. The van der Waals surface area contributed by atoms with Gasteiger partial charge in [-0.2, -0.15) is 10.2 Å². The number of H-pyrrole nitrogens is 2. The molecule has 0 saturated heterocycles. The van der Waals surface area contributed by atoms with Crippen LogP contribution in [0.2, 0.25) is 0 Å². The van der Waals surface area contributed by atoms with Crippen molar-refractivity contribution < 1.29 is 8.94 Å². The first-order valence-corrected chi connectivity index (χ1v) is 17.4. The minimum atomic E-state index is -5.79. The van der Waals surface area contributed by atoms with Gasteiger partial charge in [0.1, 0.15) is 22.0 Å². The van der Waals surface area contributed by atoms with Crippen molar-refractivity contribution in [2.45, 2.75) is 25.1 Å². The van der Waals surface area contributed by atoms with Gasteiger partial charge in [0.15, 0.2) is 21.6 Å². The van der Waals surface area contributed by atoms with Gasteiger partial charge in [-0.1, -0.05) is 19.5 Å². The van der Waals surface area contributed by atoms with E-state index in [0.29, 0.717) is 53.8 Å². The summed E-state index contributed by atoms with van der Waals surface area (Å²) in [7, 11) is -5.79. The molecule has 0 radical (unpaired) electrons. The van der Waals surface area contributed by atoms with E-state index in [2.05, 4.69) is 25.6 Å². The number of nitrogens with zero attached hydrogens (tertiary/aromatic N) is 10. The van der Waals surface area contributed by atoms with Gasteiger partial charge in [0.05, 0.1) is 33.8 Å². The molecule has 0 amide bonds. The molecule has 0 bridgehead atoms. The molecule has 0 fully saturated rings. The summed E-state index contributed by atoms with van der Waals surface area (Å²) in [6.45, 7) is 0. The predicted octanol–water partition coefficient (Wildman–Crippen LogP) is 4.92. The van der Waals surface area contributed by atoms with E-state index in [9.17, 15) is 0 Å². The van der Waals surface area contributed by atoms with Crippen LogP contribution in [0.4, 0.5) is 0 Å². The lowest BCUT2D eigenvalue weighted by atomic mass is 10.1. The molecular formula is C33H25N13O2S. The lowest BCUT2D eigenvalue weighted by molar-refractivity contribution is 0.398. The van der Waals surface area contributed by atoms with Crippen LogP contribution in [0.5, 0.6) is 0 Å². The van der Waals surface area contributed by atoms with Crippen LogP contribution in [0.25, 0.3) is 10.6 Å². The standard InChI is InChI=1S/C33H25N13O2S/c1-2-11-35-26(7-1)49(32-39-18-19-40-32,27-8-3-14-41-45-27,28-22-34-16-17-36-28)30(31-37-12-5-13-38-31)29(23-6-4-20-47-23)43-33(49,24-9-15-42-44-24)25-10-21-48-46-25/h1-22,43H,(H,39,40)(H,42,44). The number of aromatic nitrogens is 12. The Bertz CT molecular complexity index is 2250. The van der Waals surface area contributed by atoms with Crippen LogP contribution >= 0.6 is 8.29 Å². The molecule has 0 spiro atoms. The molecule has 9 heterocycles. The molecule has 16 heteroatoms. The summed E-state index contributed by atoms with van der Waals surface area (Å²) >= 11 is 0. The number of rotatable bonds is 8. The highest BCUT2D eigenvalue weighted by atomic mass is 32.4. The van der Waals surface area contributed by atoms with E-state index < -0.39 is 13.2 Å². The molecule has 15 nitrogen and oxygen atoms in total. The second-order valence-electron chi connectivity index (χ2n) is 11.1.